The molecule has 0 atom stereocenters. The SMILES string of the molecule is Cn1c(=O)c(C(=O)NCCC(=O)N2CCC(Cc3ccccc3)CC2)c(O)c2ccccc21. The normalized spacial score (nSPS) is 14.4. The third kappa shape index (κ3) is 4.92. The summed E-state index contributed by atoms with van der Waals surface area (Å²) in [5.74, 6) is -0.446. The van der Waals surface area contributed by atoms with Crippen LogP contribution in [0.25, 0.3) is 10.9 Å². The van der Waals surface area contributed by atoms with E-state index in [-0.39, 0.29) is 30.2 Å². The van der Waals surface area contributed by atoms with Gasteiger partial charge < -0.3 is 19.9 Å². The third-order valence-corrected chi connectivity index (χ3v) is 6.46. The number of benzene rings is 2. The van der Waals surface area contributed by atoms with E-state index in [1.54, 1.807) is 31.3 Å². The van der Waals surface area contributed by atoms with Gasteiger partial charge in [0, 0.05) is 38.5 Å². The molecule has 1 saturated heterocycles. The van der Waals surface area contributed by atoms with E-state index in [9.17, 15) is 19.5 Å². The highest BCUT2D eigenvalue weighted by atomic mass is 16.3. The van der Waals surface area contributed by atoms with Gasteiger partial charge in [-0.25, -0.2) is 0 Å². The predicted octanol–water partition coefficient (Wildman–Crippen LogP) is 2.85. The number of nitrogens with one attached hydrogen (secondary N) is 1. The Balaban J connectivity index is 1.30. The maximum atomic E-state index is 12.6. The van der Waals surface area contributed by atoms with E-state index >= 15 is 0 Å². The second-order valence-electron chi connectivity index (χ2n) is 8.62. The molecular formula is C26H29N3O4. The zero-order chi connectivity index (χ0) is 23.4. The Labute approximate surface area is 192 Å². The zero-order valence-electron chi connectivity index (χ0n) is 18.8. The number of aromatic hydroxyl groups is 1. The second kappa shape index (κ2) is 9.90. The summed E-state index contributed by atoms with van der Waals surface area (Å²) in [6, 6.07) is 17.3. The summed E-state index contributed by atoms with van der Waals surface area (Å²) in [5, 5.41) is 13.6. The number of piperidine rings is 1. The van der Waals surface area contributed by atoms with E-state index in [0.717, 1.165) is 32.4 Å². The molecule has 1 aliphatic rings. The monoisotopic (exact) mass is 447 g/mol. The fraction of sp³-hybridized carbons (Fsp3) is 0.346. The molecule has 2 heterocycles. The molecule has 0 bridgehead atoms. The number of para-hydroxylation sites is 1. The van der Waals surface area contributed by atoms with Crippen molar-refractivity contribution in [1.29, 1.82) is 0 Å². The number of nitrogens with zero attached hydrogens (tertiary/aromatic N) is 2. The smallest absolute Gasteiger partial charge is 0.267 e. The average Bonchev–Trinajstić information content (AvgIpc) is 2.84. The fourth-order valence-electron chi connectivity index (χ4n) is 4.55. The molecule has 2 N–H and O–H groups in total. The van der Waals surface area contributed by atoms with Gasteiger partial charge in [-0.1, -0.05) is 42.5 Å². The van der Waals surface area contributed by atoms with Crippen molar-refractivity contribution in [2.45, 2.75) is 25.7 Å². The molecule has 1 aromatic heterocycles. The van der Waals surface area contributed by atoms with E-state index < -0.39 is 11.5 Å². The van der Waals surface area contributed by atoms with E-state index in [0.29, 0.717) is 16.8 Å². The first kappa shape index (κ1) is 22.6. The summed E-state index contributed by atoms with van der Waals surface area (Å²) in [4.78, 5) is 39.7. The van der Waals surface area contributed by atoms with E-state index in [2.05, 4.69) is 29.6 Å². The Morgan fingerprint density at radius 3 is 2.42 bits per heavy atom. The number of hydrogen-bond donors (Lipinski definition) is 2. The molecule has 33 heavy (non-hydrogen) atoms. The molecule has 4 rings (SSSR count). The van der Waals surface area contributed by atoms with Crippen molar-refractivity contribution in [3.8, 4) is 5.75 Å². The Hall–Kier alpha value is -3.61. The lowest BCUT2D eigenvalue weighted by atomic mass is 9.90. The molecule has 172 valence electrons. The number of likely N-dealkylation sites (tertiary alicyclic amines) is 1. The number of amides is 2. The van der Waals surface area contributed by atoms with E-state index in [4.69, 9.17) is 0 Å². The number of carbonyl (C=O) groups is 2. The van der Waals surface area contributed by atoms with Gasteiger partial charge in [-0.05, 0) is 42.9 Å². The van der Waals surface area contributed by atoms with Gasteiger partial charge in [0.05, 0.1) is 5.52 Å². The lowest BCUT2D eigenvalue weighted by molar-refractivity contribution is -0.132. The molecule has 1 aliphatic heterocycles. The van der Waals surface area contributed by atoms with Crippen LogP contribution in [0.4, 0.5) is 0 Å². The maximum absolute atomic E-state index is 12.6. The molecule has 0 aliphatic carbocycles. The average molecular weight is 448 g/mol. The highest BCUT2D eigenvalue weighted by molar-refractivity contribution is 6.02. The number of carbonyl (C=O) groups excluding carboxylic acids is 2. The van der Waals surface area contributed by atoms with Crippen LogP contribution in [0.15, 0.2) is 59.4 Å². The summed E-state index contributed by atoms with van der Waals surface area (Å²) in [6.07, 6.45) is 3.12. The van der Waals surface area contributed by atoms with Gasteiger partial charge in [0.25, 0.3) is 11.5 Å². The Morgan fingerprint density at radius 1 is 1.03 bits per heavy atom. The molecule has 7 nitrogen and oxygen atoms in total. The Kier molecular flexibility index (Phi) is 6.77. The lowest BCUT2D eigenvalue weighted by Crippen LogP contribution is -2.40. The van der Waals surface area contributed by atoms with Crippen molar-refractivity contribution in [3.05, 3.63) is 76.1 Å². The summed E-state index contributed by atoms with van der Waals surface area (Å²) < 4.78 is 1.34. The van der Waals surface area contributed by atoms with Gasteiger partial charge in [-0.3, -0.25) is 14.4 Å². The van der Waals surface area contributed by atoms with Crippen molar-refractivity contribution >= 4 is 22.7 Å². The fourth-order valence-corrected chi connectivity index (χ4v) is 4.55. The molecule has 0 radical (unpaired) electrons. The van der Waals surface area contributed by atoms with E-state index in [1.165, 1.54) is 10.1 Å². The van der Waals surface area contributed by atoms with Crippen LogP contribution in [0.1, 0.15) is 35.2 Å². The minimum absolute atomic E-state index is 0.0101. The topological polar surface area (TPSA) is 91.6 Å². The van der Waals surface area contributed by atoms with E-state index in [1.807, 2.05) is 11.0 Å². The van der Waals surface area contributed by atoms with Gasteiger partial charge in [0.15, 0.2) is 0 Å². The molecule has 0 saturated carbocycles. The van der Waals surface area contributed by atoms with Crippen LogP contribution in [0, 0.1) is 5.92 Å². The van der Waals surface area contributed by atoms with Crippen LogP contribution in [0.3, 0.4) is 0 Å². The number of pyridine rings is 1. The second-order valence-corrected chi connectivity index (χ2v) is 8.62. The van der Waals surface area contributed by atoms with Crippen LogP contribution in [0.2, 0.25) is 0 Å². The van der Waals surface area contributed by atoms with Crippen LogP contribution in [-0.2, 0) is 18.3 Å². The summed E-state index contributed by atoms with van der Waals surface area (Å²) in [6.45, 7) is 1.55. The van der Waals surface area contributed by atoms with Crippen molar-refractivity contribution in [2.24, 2.45) is 13.0 Å². The minimum Gasteiger partial charge on any atom is -0.506 e. The molecule has 2 amide bonds. The van der Waals surface area contributed by atoms with Crippen LogP contribution in [0.5, 0.6) is 5.75 Å². The first-order chi connectivity index (χ1) is 16.0. The van der Waals surface area contributed by atoms with Crippen molar-refractivity contribution < 1.29 is 14.7 Å². The number of rotatable bonds is 6. The predicted molar refractivity (Wildman–Crippen MR) is 127 cm³/mol. The van der Waals surface area contributed by atoms with Crippen molar-refractivity contribution in [3.63, 3.8) is 0 Å². The third-order valence-electron chi connectivity index (χ3n) is 6.46. The number of hydrogen-bond acceptors (Lipinski definition) is 4. The lowest BCUT2D eigenvalue weighted by Gasteiger charge is -2.32. The van der Waals surface area contributed by atoms with Crippen LogP contribution in [-0.4, -0.2) is 46.0 Å². The molecule has 3 aromatic rings. The molecular weight excluding hydrogens is 418 g/mol. The quantitative estimate of drug-likeness (QED) is 0.608. The molecule has 7 heteroatoms. The first-order valence-corrected chi connectivity index (χ1v) is 11.4. The van der Waals surface area contributed by atoms with Crippen molar-refractivity contribution in [1.82, 2.24) is 14.8 Å². The van der Waals surface area contributed by atoms with Crippen LogP contribution >= 0.6 is 0 Å². The standard InChI is InChI=1S/C26H29N3O4/c1-28-21-10-6-5-9-20(21)24(31)23(26(28)33)25(32)27-14-11-22(30)29-15-12-19(13-16-29)17-18-7-3-2-4-8-18/h2-10,19,31H,11-17H2,1H3,(H,27,32). The van der Waals surface area contributed by atoms with Gasteiger partial charge in [-0.2, -0.15) is 0 Å². The minimum atomic E-state index is -0.673. The summed E-state index contributed by atoms with van der Waals surface area (Å²) in [7, 11) is 1.56. The van der Waals surface area contributed by atoms with Gasteiger partial charge in [0.2, 0.25) is 5.91 Å². The number of aryl methyl sites for hydroxylation is 1. The number of aromatic nitrogens is 1. The summed E-state index contributed by atoms with van der Waals surface area (Å²) >= 11 is 0. The highest BCUT2D eigenvalue weighted by Gasteiger charge is 2.24. The molecule has 2 aromatic carbocycles. The maximum Gasteiger partial charge on any atom is 0.267 e. The highest BCUT2D eigenvalue weighted by Crippen LogP contribution is 2.25. The zero-order valence-corrected chi connectivity index (χ0v) is 18.8. The molecule has 0 unspecified atom stereocenters. The van der Waals surface area contributed by atoms with Crippen molar-refractivity contribution in [2.75, 3.05) is 19.6 Å². The van der Waals surface area contributed by atoms with Gasteiger partial charge in [-0.15, -0.1) is 0 Å². The van der Waals surface area contributed by atoms with Gasteiger partial charge >= 0.3 is 0 Å². The summed E-state index contributed by atoms with van der Waals surface area (Å²) in [5.41, 5.74) is 0.997. The van der Waals surface area contributed by atoms with Crippen LogP contribution < -0.4 is 10.9 Å². The number of fused-ring (bicyclic) bond motifs is 1. The van der Waals surface area contributed by atoms with Gasteiger partial charge in [0.1, 0.15) is 11.3 Å². The first-order valence-electron chi connectivity index (χ1n) is 11.4. The Bertz CT molecular complexity index is 1210. The molecule has 0 spiro atoms. The Morgan fingerprint density at radius 2 is 1.70 bits per heavy atom. The molecule has 1 fully saturated rings. The largest absolute Gasteiger partial charge is 0.506 e.